The lowest BCUT2D eigenvalue weighted by molar-refractivity contribution is 0.602. The van der Waals surface area contributed by atoms with E-state index in [1.165, 1.54) is 6.26 Å². The fraction of sp³-hybridized carbons (Fsp3) is 0.200. The average molecular weight is 389 g/mol. The fourth-order valence-corrected chi connectivity index (χ4v) is 3.76. The van der Waals surface area contributed by atoms with Crippen LogP contribution in [0.5, 0.6) is 0 Å². The molecular formula is C15H15BrClNO2S. The van der Waals surface area contributed by atoms with Crippen LogP contribution in [0.2, 0.25) is 5.02 Å². The summed E-state index contributed by atoms with van der Waals surface area (Å²) in [7, 11) is -3.28. The molecule has 1 N–H and O–H groups in total. The van der Waals surface area contributed by atoms with E-state index in [9.17, 15) is 8.42 Å². The molecule has 0 amide bonds. The third-order valence-electron chi connectivity index (χ3n) is 3.09. The molecule has 0 spiro atoms. The van der Waals surface area contributed by atoms with Crippen molar-refractivity contribution in [1.82, 2.24) is 0 Å². The predicted molar refractivity (Wildman–Crippen MR) is 90.7 cm³/mol. The van der Waals surface area contributed by atoms with Gasteiger partial charge < -0.3 is 5.32 Å². The molecule has 1 atom stereocenters. The molecule has 6 heteroatoms. The number of nitrogens with one attached hydrogen (secondary N) is 1. The molecule has 0 saturated heterocycles. The van der Waals surface area contributed by atoms with Crippen molar-refractivity contribution in [2.24, 2.45) is 0 Å². The van der Waals surface area contributed by atoms with Crippen molar-refractivity contribution in [3.63, 3.8) is 0 Å². The second-order valence-electron chi connectivity index (χ2n) is 4.80. The Labute approximate surface area is 138 Å². The Balaban J connectivity index is 2.34. The summed E-state index contributed by atoms with van der Waals surface area (Å²) in [6.45, 7) is 1.94. The van der Waals surface area contributed by atoms with Gasteiger partial charge in [-0.05, 0) is 36.8 Å². The molecule has 112 valence electrons. The molecule has 0 bridgehead atoms. The topological polar surface area (TPSA) is 46.2 Å². The fourth-order valence-electron chi connectivity index (χ4n) is 2.07. The summed E-state index contributed by atoms with van der Waals surface area (Å²) in [6, 6.07) is 12.4. The number of para-hydroxylation sites is 1. The highest BCUT2D eigenvalue weighted by molar-refractivity contribution is 9.10. The monoisotopic (exact) mass is 387 g/mol. The van der Waals surface area contributed by atoms with Crippen LogP contribution in [-0.2, 0) is 9.84 Å². The SMILES string of the molecule is CC(Nc1ccccc1S(C)(=O)=O)c1ccc(Br)cc1Cl. The second-order valence-corrected chi connectivity index (χ2v) is 8.11. The van der Waals surface area contributed by atoms with Gasteiger partial charge in [0.2, 0.25) is 0 Å². The van der Waals surface area contributed by atoms with Gasteiger partial charge in [-0.25, -0.2) is 8.42 Å². The third-order valence-corrected chi connectivity index (χ3v) is 5.06. The molecule has 1 unspecified atom stereocenters. The van der Waals surface area contributed by atoms with Gasteiger partial charge in [-0.1, -0.05) is 45.7 Å². The first-order valence-electron chi connectivity index (χ1n) is 6.29. The van der Waals surface area contributed by atoms with E-state index in [1.54, 1.807) is 24.3 Å². The van der Waals surface area contributed by atoms with Gasteiger partial charge in [0.1, 0.15) is 0 Å². The maximum atomic E-state index is 11.8. The first-order chi connectivity index (χ1) is 9.79. The molecule has 2 aromatic carbocycles. The van der Waals surface area contributed by atoms with Gasteiger partial charge in [-0.15, -0.1) is 0 Å². The number of anilines is 1. The highest BCUT2D eigenvalue weighted by Gasteiger charge is 2.16. The van der Waals surface area contributed by atoms with Crippen molar-refractivity contribution < 1.29 is 8.42 Å². The Morgan fingerprint density at radius 1 is 1.19 bits per heavy atom. The summed E-state index contributed by atoms with van der Waals surface area (Å²) in [5, 5.41) is 3.84. The largest absolute Gasteiger partial charge is 0.377 e. The number of halogens is 2. The van der Waals surface area contributed by atoms with Crippen molar-refractivity contribution in [3.05, 3.63) is 57.5 Å². The van der Waals surface area contributed by atoms with Crippen LogP contribution in [0.1, 0.15) is 18.5 Å². The molecule has 0 heterocycles. The summed E-state index contributed by atoms with van der Waals surface area (Å²) < 4.78 is 24.5. The van der Waals surface area contributed by atoms with Crippen molar-refractivity contribution in [3.8, 4) is 0 Å². The molecule has 0 fully saturated rings. The molecule has 0 saturated carbocycles. The highest BCUT2D eigenvalue weighted by atomic mass is 79.9. The van der Waals surface area contributed by atoms with Crippen molar-refractivity contribution in [1.29, 1.82) is 0 Å². The van der Waals surface area contributed by atoms with E-state index in [0.29, 0.717) is 10.7 Å². The van der Waals surface area contributed by atoms with Crippen molar-refractivity contribution in [2.45, 2.75) is 17.9 Å². The Kier molecular flexibility index (Phi) is 4.96. The molecule has 3 nitrogen and oxygen atoms in total. The van der Waals surface area contributed by atoms with Gasteiger partial charge in [0.15, 0.2) is 9.84 Å². The van der Waals surface area contributed by atoms with Crippen LogP contribution >= 0.6 is 27.5 Å². The molecule has 2 rings (SSSR count). The molecule has 2 aromatic rings. The van der Waals surface area contributed by atoms with Crippen LogP contribution in [-0.4, -0.2) is 14.7 Å². The Bertz CT molecular complexity index is 762. The van der Waals surface area contributed by atoms with Gasteiger partial charge in [-0.3, -0.25) is 0 Å². The van der Waals surface area contributed by atoms with E-state index in [2.05, 4.69) is 21.2 Å². The van der Waals surface area contributed by atoms with Crippen molar-refractivity contribution >= 4 is 43.1 Å². The lowest BCUT2D eigenvalue weighted by Crippen LogP contribution is -2.10. The van der Waals surface area contributed by atoms with Gasteiger partial charge in [0, 0.05) is 15.8 Å². The van der Waals surface area contributed by atoms with E-state index in [-0.39, 0.29) is 10.9 Å². The van der Waals surface area contributed by atoms with Crippen LogP contribution in [0.25, 0.3) is 0 Å². The summed E-state index contributed by atoms with van der Waals surface area (Å²) >= 11 is 9.60. The Morgan fingerprint density at radius 3 is 2.48 bits per heavy atom. The third kappa shape index (κ3) is 3.99. The molecule has 0 aliphatic heterocycles. The summed E-state index contributed by atoms with van der Waals surface area (Å²) in [5.41, 5.74) is 1.48. The molecule has 0 aromatic heterocycles. The predicted octanol–water partition coefficient (Wildman–Crippen LogP) is 4.68. The number of rotatable bonds is 4. The highest BCUT2D eigenvalue weighted by Crippen LogP contribution is 2.30. The van der Waals surface area contributed by atoms with E-state index >= 15 is 0 Å². The maximum Gasteiger partial charge on any atom is 0.177 e. The minimum Gasteiger partial charge on any atom is -0.377 e. The van der Waals surface area contributed by atoms with Crippen LogP contribution in [0.15, 0.2) is 51.8 Å². The molecule has 21 heavy (non-hydrogen) atoms. The summed E-state index contributed by atoms with van der Waals surface area (Å²) in [4.78, 5) is 0.282. The molecular weight excluding hydrogens is 374 g/mol. The smallest absolute Gasteiger partial charge is 0.177 e. The average Bonchev–Trinajstić information content (AvgIpc) is 2.37. The van der Waals surface area contributed by atoms with Crippen LogP contribution in [0.3, 0.4) is 0 Å². The molecule has 0 aliphatic carbocycles. The molecule has 0 aliphatic rings. The number of sulfone groups is 1. The zero-order valence-electron chi connectivity index (χ0n) is 11.6. The van der Waals surface area contributed by atoms with Gasteiger partial charge in [0.25, 0.3) is 0 Å². The zero-order valence-corrected chi connectivity index (χ0v) is 14.8. The minimum absolute atomic E-state index is 0.117. The lowest BCUT2D eigenvalue weighted by Gasteiger charge is -2.19. The van der Waals surface area contributed by atoms with E-state index in [4.69, 9.17) is 11.6 Å². The minimum atomic E-state index is -3.28. The standard InChI is InChI=1S/C15H15BrClNO2S/c1-10(12-8-7-11(16)9-13(12)17)18-14-5-3-4-6-15(14)21(2,19)20/h3-10,18H,1-2H3. The zero-order chi connectivity index (χ0) is 15.6. The number of benzene rings is 2. The van der Waals surface area contributed by atoms with Gasteiger partial charge in [-0.2, -0.15) is 0 Å². The van der Waals surface area contributed by atoms with E-state index in [0.717, 1.165) is 10.0 Å². The summed E-state index contributed by atoms with van der Waals surface area (Å²) in [6.07, 6.45) is 1.20. The van der Waals surface area contributed by atoms with Crippen LogP contribution in [0, 0.1) is 0 Å². The Morgan fingerprint density at radius 2 is 1.86 bits per heavy atom. The number of hydrogen-bond donors (Lipinski definition) is 1. The molecule has 0 radical (unpaired) electrons. The second kappa shape index (κ2) is 6.38. The van der Waals surface area contributed by atoms with Gasteiger partial charge >= 0.3 is 0 Å². The van der Waals surface area contributed by atoms with Gasteiger partial charge in [0.05, 0.1) is 16.6 Å². The van der Waals surface area contributed by atoms with Crippen molar-refractivity contribution in [2.75, 3.05) is 11.6 Å². The normalized spacial score (nSPS) is 13.0. The maximum absolute atomic E-state index is 11.8. The Hall–Kier alpha value is -1.04. The lowest BCUT2D eigenvalue weighted by atomic mass is 10.1. The quantitative estimate of drug-likeness (QED) is 0.827. The van der Waals surface area contributed by atoms with E-state index in [1.807, 2.05) is 25.1 Å². The van der Waals surface area contributed by atoms with Crippen LogP contribution < -0.4 is 5.32 Å². The summed E-state index contributed by atoms with van der Waals surface area (Å²) in [5.74, 6) is 0. The van der Waals surface area contributed by atoms with Crippen LogP contribution in [0.4, 0.5) is 5.69 Å². The van der Waals surface area contributed by atoms with E-state index < -0.39 is 9.84 Å². The first kappa shape index (κ1) is 16.3. The number of hydrogen-bond acceptors (Lipinski definition) is 3. The first-order valence-corrected chi connectivity index (χ1v) is 9.36.